The van der Waals surface area contributed by atoms with Crippen LogP contribution in [-0.2, 0) is 56.0 Å². The van der Waals surface area contributed by atoms with Gasteiger partial charge in [-0.1, -0.05) is 62.7 Å². The van der Waals surface area contributed by atoms with E-state index < -0.39 is 134 Å². The molecule has 19 N–H and O–H groups in total. The number of carbonyl (C=O) groups excluding carboxylic acids is 8. The predicted octanol–water partition coefficient (Wildman–Crippen LogP) is -5.01. The maximum atomic E-state index is 14.0. The van der Waals surface area contributed by atoms with Gasteiger partial charge in [0.05, 0.1) is 25.9 Å². The Morgan fingerprint density at radius 3 is 1.37 bits per heavy atom. The summed E-state index contributed by atoms with van der Waals surface area (Å²) in [5.74, 6) is -9.64. The van der Waals surface area contributed by atoms with Gasteiger partial charge in [0, 0.05) is 12.8 Å². The first-order valence-corrected chi connectivity index (χ1v) is 23.2. The van der Waals surface area contributed by atoms with E-state index in [2.05, 4.69) is 42.5 Å². The van der Waals surface area contributed by atoms with Gasteiger partial charge < -0.3 is 85.3 Å². The summed E-state index contributed by atoms with van der Waals surface area (Å²) in [6, 6.07) is 2.14. The molecule has 71 heavy (non-hydrogen) atoms. The zero-order chi connectivity index (χ0) is 53.0. The highest BCUT2D eigenvalue weighted by Crippen LogP contribution is 2.13. The van der Waals surface area contributed by atoms with Crippen molar-refractivity contribution in [1.29, 1.82) is 0 Å². The Morgan fingerprint density at radius 2 is 0.901 bits per heavy atom. The van der Waals surface area contributed by atoms with Crippen molar-refractivity contribution in [2.24, 2.45) is 23.1 Å². The lowest BCUT2D eigenvalue weighted by molar-refractivity contribution is -0.138. The highest BCUT2D eigenvalue weighted by atomic mass is 16.4. The van der Waals surface area contributed by atoms with Crippen LogP contribution in [0.2, 0.25) is 0 Å². The molecular formula is C46H71N11O14. The van der Waals surface area contributed by atoms with E-state index in [1.807, 2.05) is 0 Å². The standard InChI is InChI=1S/C46H71N11O14/c1-26(2)38(57-45(70)36(25-60)54-39(64)30(49)12-6-8-18-47)46(71)56-35(24-59)44(69)52-32(20-27-10-4-3-5-11-27)42(67)55-34(23-58)43(68)53-33(21-28-14-16-29(61)17-15-28)41(66)51-31(13-7-9-19-48)40(65)50-22-37(62)63/h3-5,10-11,14-17,26,30-36,38,58-61H,6-9,12-13,18-25,47-49H2,1-2H3,(H,50,65)(H,51,66)(H,52,69)(H,53,68)(H,54,64)(H,55,67)(H,56,71)(H,57,70)(H,62,63)/t30-,31-,32-,33-,34-,35-,36-,38-/m0/s1. The number of rotatable bonds is 33. The average molecular weight is 1000 g/mol. The van der Waals surface area contributed by atoms with Gasteiger partial charge in [-0.3, -0.25) is 43.2 Å². The van der Waals surface area contributed by atoms with Gasteiger partial charge in [-0.05, 0) is 74.4 Å². The van der Waals surface area contributed by atoms with E-state index in [0.717, 1.165) is 0 Å². The minimum atomic E-state index is -1.77. The largest absolute Gasteiger partial charge is 0.508 e. The Bertz CT molecular complexity index is 2050. The number of unbranched alkanes of at least 4 members (excludes halogenated alkanes) is 2. The fourth-order valence-corrected chi connectivity index (χ4v) is 6.82. The lowest BCUT2D eigenvalue weighted by atomic mass is 10.0. The number of nitrogens with one attached hydrogen (secondary N) is 8. The number of phenols is 1. The summed E-state index contributed by atoms with van der Waals surface area (Å²) in [4.78, 5) is 119. The van der Waals surface area contributed by atoms with Crippen molar-refractivity contribution in [3.63, 3.8) is 0 Å². The van der Waals surface area contributed by atoms with Crippen molar-refractivity contribution in [2.75, 3.05) is 39.5 Å². The van der Waals surface area contributed by atoms with Crippen molar-refractivity contribution < 1.29 is 68.7 Å². The summed E-state index contributed by atoms with van der Waals surface area (Å²) in [7, 11) is 0. The first-order valence-electron chi connectivity index (χ1n) is 23.2. The van der Waals surface area contributed by atoms with Crippen molar-refractivity contribution in [2.45, 2.75) is 114 Å². The summed E-state index contributed by atoms with van der Waals surface area (Å²) in [5.41, 5.74) is 17.9. The second-order valence-electron chi connectivity index (χ2n) is 17.0. The van der Waals surface area contributed by atoms with Crippen LogP contribution in [0.5, 0.6) is 5.75 Å². The highest BCUT2D eigenvalue weighted by Gasteiger charge is 2.35. The zero-order valence-electron chi connectivity index (χ0n) is 39.9. The number of aromatic hydroxyl groups is 1. The van der Waals surface area contributed by atoms with Crippen LogP contribution in [0.4, 0.5) is 0 Å². The van der Waals surface area contributed by atoms with Crippen LogP contribution < -0.4 is 59.7 Å². The van der Waals surface area contributed by atoms with Gasteiger partial charge in [-0.15, -0.1) is 0 Å². The molecule has 0 aromatic heterocycles. The molecule has 2 aromatic carbocycles. The molecule has 394 valence electrons. The molecule has 0 unspecified atom stereocenters. The number of hydrogen-bond acceptors (Lipinski definition) is 16. The summed E-state index contributed by atoms with van der Waals surface area (Å²) < 4.78 is 0. The minimum absolute atomic E-state index is 0.0481. The van der Waals surface area contributed by atoms with Crippen LogP contribution in [0.1, 0.15) is 63.5 Å². The molecule has 2 aromatic rings. The Kier molecular flexibility index (Phi) is 27.4. The number of phenolic OH excluding ortho intramolecular Hbond substituents is 1. The van der Waals surface area contributed by atoms with Gasteiger partial charge >= 0.3 is 5.97 Å². The first-order chi connectivity index (χ1) is 33.8. The van der Waals surface area contributed by atoms with E-state index >= 15 is 0 Å². The highest BCUT2D eigenvalue weighted by molar-refractivity contribution is 5.98. The molecule has 0 saturated carbocycles. The molecule has 0 fully saturated rings. The topological polar surface area (TPSA) is 429 Å². The van der Waals surface area contributed by atoms with Gasteiger partial charge in [0.2, 0.25) is 47.3 Å². The van der Waals surface area contributed by atoms with Crippen molar-refractivity contribution in [1.82, 2.24) is 42.5 Å². The fraction of sp³-hybridized carbons (Fsp3) is 0.543. The van der Waals surface area contributed by atoms with Crippen LogP contribution in [0.3, 0.4) is 0 Å². The Labute approximate surface area is 411 Å². The Morgan fingerprint density at radius 1 is 0.493 bits per heavy atom. The maximum Gasteiger partial charge on any atom is 0.322 e. The third-order valence-corrected chi connectivity index (χ3v) is 10.9. The number of amides is 8. The molecular weight excluding hydrogens is 931 g/mol. The molecule has 0 aliphatic carbocycles. The molecule has 0 spiro atoms. The summed E-state index contributed by atoms with van der Waals surface area (Å²) in [6.07, 6.45) is 1.84. The number of hydrogen-bond donors (Lipinski definition) is 16. The number of carboxylic acids is 1. The maximum absolute atomic E-state index is 14.0. The molecule has 0 saturated heterocycles. The number of carboxylic acid groups (broad SMARTS) is 1. The van der Waals surface area contributed by atoms with Gasteiger partial charge in [0.1, 0.15) is 54.6 Å². The number of aliphatic hydroxyl groups is 3. The zero-order valence-corrected chi connectivity index (χ0v) is 39.9. The molecule has 25 heteroatoms. The SMILES string of the molecule is CC(C)[C@H](NC(=O)[C@H](CO)NC(=O)[C@@H](N)CCCCN)C(=O)N[C@@H](CO)C(=O)N[C@@H](Cc1ccccc1)C(=O)N[C@@H](CO)C(=O)N[C@@H](Cc1ccc(O)cc1)C(=O)N[C@@H](CCCCN)C(=O)NCC(=O)O. The number of nitrogens with two attached hydrogens (primary N) is 3. The summed E-state index contributed by atoms with van der Waals surface area (Å²) in [5, 5.41) is 68.6. The normalized spacial score (nSPS) is 14.4. The van der Waals surface area contributed by atoms with Gasteiger partial charge in [-0.2, -0.15) is 0 Å². The van der Waals surface area contributed by atoms with Gasteiger partial charge in [-0.25, -0.2) is 0 Å². The number of carbonyl (C=O) groups is 9. The Balaban J connectivity index is 2.33. The van der Waals surface area contributed by atoms with Crippen molar-refractivity contribution >= 4 is 53.2 Å². The average Bonchev–Trinajstić information content (AvgIpc) is 3.34. The van der Waals surface area contributed by atoms with E-state index in [4.69, 9.17) is 22.3 Å². The van der Waals surface area contributed by atoms with E-state index in [1.54, 1.807) is 44.2 Å². The van der Waals surface area contributed by atoms with Crippen LogP contribution in [0.15, 0.2) is 54.6 Å². The Hall–Kier alpha value is -6.77. The minimum Gasteiger partial charge on any atom is -0.508 e. The van der Waals surface area contributed by atoms with E-state index in [-0.39, 0.29) is 38.0 Å². The molecule has 0 aliphatic rings. The van der Waals surface area contributed by atoms with Crippen LogP contribution in [0, 0.1) is 5.92 Å². The van der Waals surface area contributed by atoms with Crippen molar-refractivity contribution in [3.05, 3.63) is 65.7 Å². The lowest BCUT2D eigenvalue weighted by Gasteiger charge is -2.28. The van der Waals surface area contributed by atoms with E-state index in [1.165, 1.54) is 24.3 Å². The van der Waals surface area contributed by atoms with E-state index in [9.17, 15) is 63.6 Å². The molecule has 0 heterocycles. The molecule has 2 rings (SSSR count). The van der Waals surface area contributed by atoms with Crippen LogP contribution >= 0.6 is 0 Å². The number of aliphatic carboxylic acids is 1. The molecule has 8 atom stereocenters. The molecule has 0 radical (unpaired) electrons. The quantitative estimate of drug-likeness (QED) is 0.0298. The summed E-state index contributed by atoms with van der Waals surface area (Å²) in [6.45, 7) is 0.141. The smallest absolute Gasteiger partial charge is 0.322 e. The van der Waals surface area contributed by atoms with Crippen LogP contribution in [-0.4, -0.2) is 167 Å². The lowest BCUT2D eigenvalue weighted by Crippen LogP contribution is -2.62. The van der Waals surface area contributed by atoms with Crippen molar-refractivity contribution in [3.8, 4) is 5.75 Å². The molecule has 8 amide bonds. The third kappa shape index (κ3) is 21.8. The third-order valence-electron chi connectivity index (χ3n) is 10.9. The fourth-order valence-electron chi connectivity index (χ4n) is 6.82. The molecule has 25 nitrogen and oxygen atoms in total. The first kappa shape index (κ1) is 60.4. The monoisotopic (exact) mass is 1000 g/mol. The molecule has 0 aliphatic heterocycles. The second kappa shape index (κ2) is 32.2. The second-order valence-corrected chi connectivity index (χ2v) is 17.0. The van der Waals surface area contributed by atoms with Gasteiger partial charge in [0.25, 0.3) is 0 Å². The van der Waals surface area contributed by atoms with E-state index in [0.29, 0.717) is 43.4 Å². The molecule has 0 bridgehead atoms. The number of aliphatic hydroxyl groups excluding tert-OH is 3. The number of benzene rings is 2. The van der Waals surface area contributed by atoms with Gasteiger partial charge in [0.15, 0.2) is 0 Å². The van der Waals surface area contributed by atoms with Crippen LogP contribution in [0.25, 0.3) is 0 Å². The summed E-state index contributed by atoms with van der Waals surface area (Å²) >= 11 is 0. The predicted molar refractivity (Wildman–Crippen MR) is 256 cm³/mol.